The summed E-state index contributed by atoms with van der Waals surface area (Å²) in [6.07, 6.45) is 1.66. The number of pyridine rings is 2. The van der Waals surface area contributed by atoms with Crippen LogP contribution in [0.5, 0.6) is 5.88 Å². The van der Waals surface area contributed by atoms with Crippen LogP contribution in [0.1, 0.15) is 10.5 Å². The zero-order chi connectivity index (χ0) is 15.5. The molecular formula is C16H18N4O2. The molecule has 0 saturated carbocycles. The molecule has 114 valence electrons. The van der Waals surface area contributed by atoms with Crippen molar-refractivity contribution in [3.8, 4) is 17.1 Å². The summed E-state index contributed by atoms with van der Waals surface area (Å²) in [5, 5.41) is 2.98. The van der Waals surface area contributed by atoms with Crippen LogP contribution in [-0.4, -0.2) is 54.1 Å². The van der Waals surface area contributed by atoms with E-state index in [1.54, 1.807) is 19.4 Å². The Hall–Kier alpha value is -2.47. The van der Waals surface area contributed by atoms with Crippen LogP contribution in [0.25, 0.3) is 11.3 Å². The van der Waals surface area contributed by atoms with Crippen LogP contribution in [0.2, 0.25) is 0 Å². The van der Waals surface area contributed by atoms with Gasteiger partial charge in [-0.3, -0.25) is 4.79 Å². The standard InChI is InChI=1S/C16H18N4O2/c1-20-9-11(10-20)18-15(21)14-7-3-6-13(19-14)12-5-4-8-17-16(12)22-2/h3-8,11H,9-10H2,1-2H3,(H,18,21). The van der Waals surface area contributed by atoms with Crippen LogP contribution in [-0.2, 0) is 0 Å². The summed E-state index contributed by atoms with van der Waals surface area (Å²) in [6, 6.07) is 9.26. The normalized spacial score (nSPS) is 15.2. The molecule has 2 aromatic heterocycles. The van der Waals surface area contributed by atoms with Gasteiger partial charge in [-0.2, -0.15) is 0 Å². The Morgan fingerprint density at radius 2 is 2.14 bits per heavy atom. The van der Waals surface area contributed by atoms with Crippen molar-refractivity contribution >= 4 is 5.91 Å². The van der Waals surface area contributed by atoms with Gasteiger partial charge in [-0.15, -0.1) is 0 Å². The third kappa shape index (κ3) is 2.92. The summed E-state index contributed by atoms with van der Waals surface area (Å²) in [5.41, 5.74) is 1.84. The fraction of sp³-hybridized carbons (Fsp3) is 0.312. The third-order valence-electron chi connectivity index (χ3n) is 3.62. The largest absolute Gasteiger partial charge is 0.481 e. The molecule has 1 aliphatic heterocycles. The molecule has 6 nitrogen and oxygen atoms in total. The summed E-state index contributed by atoms with van der Waals surface area (Å²) >= 11 is 0. The van der Waals surface area contributed by atoms with E-state index in [4.69, 9.17) is 4.74 Å². The first-order valence-electron chi connectivity index (χ1n) is 7.13. The number of aromatic nitrogens is 2. The molecule has 6 heteroatoms. The molecule has 0 unspecified atom stereocenters. The summed E-state index contributed by atoms with van der Waals surface area (Å²) in [6.45, 7) is 1.75. The van der Waals surface area contributed by atoms with Gasteiger partial charge in [-0.05, 0) is 31.3 Å². The second-order valence-corrected chi connectivity index (χ2v) is 5.36. The lowest BCUT2D eigenvalue weighted by atomic mass is 10.1. The number of carbonyl (C=O) groups is 1. The molecule has 22 heavy (non-hydrogen) atoms. The maximum atomic E-state index is 12.3. The SMILES string of the molecule is COc1ncccc1-c1cccc(C(=O)NC2CN(C)C2)n1. The molecule has 0 atom stereocenters. The molecule has 0 bridgehead atoms. The van der Waals surface area contributed by atoms with E-state index in [1.165, 1.54) is 0 Å². The highest BCUT2D eigenvalue weighted by Crippen LogP contribution is 2.25. The lowest BCUT2D eigenvalue weighted by molar-refractivity contribution is 0.0853. The topological polar surface area (TPSA) is 67.3 Å². The summed E-state index contributed by atoms with van der Waals surface area (Å²) in [4.78, 5) is 23.0. The number of hydrogen-bond donors (Lipinski definition) is 1. The monoisotopic (exact) mass is 298 g/mol. The number of rotatable bonds is 4. The highest BCUT2D eigenvalue weighted by atomic mass is 16.5. The van der Waals surface area contributed by atoms with E-state index in [-0.39, 0.29) is 11.9 Å². The zero-order valence-electron chi connectivity index (χ0n) is 12.6. The fourth-order valence-electron chi connectivity index (χ4n) is 2.51. The van der Waals surface area contributed by atoms with Crippen LogP contribution in [0.4, 0.5) is 0 Å². The molecule has 1 aliphatic rings. The first kappa shape index (κ1) is 14.5. The Bertz CT molecular complexity index is 683. The van der Waals surface area contributed by atoms with Gasteiger partial charge >= 0.3 is 0 Å². The fourth-order valence-corrected chi connectivity index (χ4v) is 2.51. The second kappa shape index (κ2) is 6.11. The number of hydrogen-bond acceptors (Lipinski definition) is 5. The van der Waals surface area contributed by atoms with Crippen LogP contribution >= 0.6 is 0 Å². The molecule has 0 aromatic carbocycles. The van der Waals surface area contributed by atoms with Gasteiger partial charge in [-0.25, -0.2) is 9.97 Å². The molecule has 1 N–H and O–H groups in total. The van der Waals surface area contributed by atoms with Crippen molar-refractivity contribution in [3.63, 3.8) is 0 Å². The lowest BCUT2D eigenvalue weighted by Crippen LogP contribution is -2.57. The van der Waals surface area contributed by atoms with Crippen LogP contribution in [0, 0.1) is 0 Å². The number of ether oxygens (including phenoxy) is 1. The Kier molecular flexibility index (Phi) is 4.02. The van der Waals surface area contributed by atoms with Gasteiger partial charge in [0.1, 0.15) is 5.69 Å². The van der Waals surface area contributed by atoms with E-state index in [2.05, 4.69) is 20.2 Å². The molecule has 0 aliphatic carbocycles. The quantitative estimate of drug-likeness (QED) is 0.918. The van der Waals surface area contributed by atoms with Crippen LogP contribution in [0.15, 0.2) is 36.5 Å². The van der Waals surface area contributed by atoms with E-state index in [1.807, 2.05) is 31.3 Å². The van der Waals surface area contributed by atoms with Crippen molar-refractivity contribution in [2.75, 3.05) is 27.2 Å². The smallest absolute Gasteiger partial charge is 0.270 e. The highest BCUT2D eigenvalue weighted by Gasteiger charge is 2.25. The Morgan fingerprint density at radius 3 is 2.86 bits per heavy atom. The van der Waals surface area contributed by atoms with Crippen molar-refractivity contribution < 1.29 is 9.53 Å². The zero-order valence-corrected chi connectivity index (χ0v) is 12.6. The number of nitrogens with one attached hydrogen (secondary N) is 1. The Morgan fingerprint density at radius 1 is 1.32 bits per heavy atom. The van der Waals surface area contributed by atoms with E-state index < -0.39 is 0 Å². The molecule has 1 saturated heterocycles. The van der Waals surface area contributed by atoms with Gasteiger partial charge in [-0.1, -0.05) is 6.07 Å². The number of likely N-dealkylation sites (tertiary alicyclic amines) is 1. The molecule has 0 spiro atoms. The lowest BCUT2D eigenvalue weighted by Gasteiger charge is -2.36. The Balaban J connectivity index is 1.81. The van der Waals surface area contributed by atoms with Crippen LogP contribution < -0.4 is 10.1 Å². The average molecular weight is 298 g/mol. The molecule has 2 aromatic rings. The number of methoxy groups -OCH3 is 1. The van der Waals surface area contributed by atoms with E-state index in [0.717, 1.165) is 18.7 Å². The average Bonchev–Trinajstić information content (AvgIpc) is 2.53. The highest BCUT2D eigenvalue weighted by molar-refractivity contribution is 5.93. The van der Waals surface area contributed by atoms with Crippen molar-refractivity contribution in [1.82, 2.24) is 20.2 Å². The summed E-state index contributed by atoms with van der Waals surface area (Å²) in [7, 11) is 3.59. The second-order valence-electron chi connectivity index (χ2n) is 5.36. The van der Waals surface area contributed by atoms with Gasteiger partial charge in [0, 0.05) is 19.3 Å². The Labute approximate surface area is 129 Å². The van der Waals surface area contributed by atoms with Crippen molar-refractivity contribution in [1.29, 1.82) is 0 Å². The maximum absolute atomic E-state index is 12.3. The number of carbonyl (C=O) groups excluding carboxylic acids is 1. The third-order valence-corrected chi connectivity index (χ3v) is 3.62. The molecule has 1 amide bonds. The summed E-state index contributed by atoms with van der Waals surface area (Å²) < 4.78 is 5.25. The van der Waals surface area contributed by atoms with Crippen LogP contribution in [0.3, 0.4) is 0 Å². The molecule has 0 radical (unpaired) electrons. The number of nitrogens with zero attached hydrogens (tertiary/aromatic N) is 3. The van der Waals surface area contributed by atoms with Gasteiger partial charge in [0.2, 0.25) is 5.88 Å². The van der Waals surface area contributed by atoms with Gasteiger partial charge in [0.15, 0.2) is 0 Å². The molecule has 3 rings (SSSR count). The summed E-state index contributed by atoms with van der Waals surface area (Å²) in [5.74, 6) is 0.344. The van der Waals surface area contributed by atoms with Crippen molar-refractivity contribution in [2.24, 2.45) is 0 Å². The number of amides is 1. The molecular weight excluding hydrogens is 280 g/mol. The predicted molar refractivity (Wildman–Crippen MR) is 82.8 cm³/mol. The van der Waals surface area contributed by atoms with Gasteiger partial charge < -0.3 is 15.0 Å². The minimum Gasteiger partial charge on any atom is -0.481 e. The first-order valence-corrected chi connectivity index (χ1v) is 7.13. The first-order chi connectivity index (χ1) is 10.7. The predicted octanol–water partition coefficient (Wildman–Crippen LogP) is 1.20. The van der Waals surface area contributed by atoms with E-state index in [0.29, 0.717) is 17.3 Å². The molecule has 3 heterocycles. The van der Waals surface area contributed by atoms with Gasteiger partial charge in [0.25, 0.3) is 5.91 Å². The van der Waals surface area contributed by atoms with E-state index in [9.17, 15) is 4.79 Å². The van der Waals surface area contributed by atoms with Crippen molar-refractivity contribution in [2.45, 2.75) is 6.04 Å². The minimum absolute atomic E-state index is 0.150. The minimum atomic E-state index is -0.150. The molecule has 1 fully saturated rings. The number of likely N-dealkylation sites (N-methyl/N-ethyl adjacent to an activating group) is 1. The van der Waals surface area contributed by atoms with Crippen molar-refractivity contribution in [3.05, 3.63) is 42.2 Å². The maximum Gasteiger partial charge on any atom is 0.270 e. The van der Waals surface area contributed by atoms with Gasteiger partial charge in [0.05, 0.1) is 24.4 Å². The van der Waals surface area contributed by atoms with E-state index >= 15 is 0 Å².